The van der Waals surface area contributed by atoms with Gasteiger partial charge in [0.15, 0.2) is 23.1 Å². The Balaban J connectivity index is 1.59. The van der Waals surface area contributed by atoms with Crippen molar-refractivity contribution in [2.75, 3.05) is 33.5 Å². The molecular weight excluding hydrogens is 331 g/mol. The van der Waals surface area contributed by atoms with E-state index in [0.29, 0.717) is 30.5 Å². The van der Waals surface area contributed by atoms with Gasteiger partial charge in [-0.1, -0.05) is 12.1 Å². The van der Waals surface area contributed by atoms with Gasteiger partial charge in [0.05, 0.1) is 12.7 Å². The molecule has 0 N–H and O–H groups in total. The molecular formula is C18H17FO6. The molecule has 0 radical (unpaired) electrons. The third kappa shape index (κ3) is 3.93. The lowest BCUT2D eigenvalue weighted by Crippen LogP contribution is -2.17. The molecule has 0 fully saturated rings. The summed E-state index contributed by atoms with van der Waals surface area (Å²) in [7, 11) is 1.48. The van der Waals surface area contributed by atoms with E-state index < -0.39 is 11.8 Å². The first kappa shape index (κ1) is 16.9. The number of hydrogen-bond donors (Lipinski definition) is 0. The summed E-state index contributed by atoms with van der Waals surface area (Å²) in [6.07, 6.45) is 0. The molecule has 2 aromatic rings. The Hall–Kier alpha value is -2.96. The van der Waals surface area contributed by atoms with Crippen molar-refractivity contribution in [1.82, 2.24) is 0 Å². The molecule has 0 saturated heterocycles. The Morgan fingerprint density at radius 2 is 1.92 bits per heavy atom. The third-order valence-corrected chi connectivity index (χ3v) is 3.47. The Kier molecular flexibility index (Phi) is 5.23. The highest BCUT2D eigenvalue weighted by Crippen LogP contribution is 2.40. The van der Waals surface area contributed by atoms with Gasteiger partial charge >= 0.3 is 5.97 Å². The van der Waals surface area contributed by atoms with Gasteiger partial charge in [0.2, 0.25) is 5.75 Å². The fourth-order valence-electron chi connectivity index (χ4n) is 2.32. The maximum absolute atomic E-state index is 13.4. The number of methoxy groups -OCH3 is 1. The number of ether oxygens (including phenoxy) is 5. The molecule has 132 valence electrons. The summed E-state index contributed by atoms with van der Waals surface area (Å²) in [6, 6.07) is 9.08. The van der Waals surface area contributed by atoms with Crippen LogP contribution in [0.4, 0.5) is 4.39 Å². The molecule has 2 aromatic carbocycles. The fraction of sp³-hybridized carbons (Fsp3) is 0.278. The van der Waals surface area contributed by atoms with Crippen LogP contribution in [-0.4, -0.2) is 39.5 Å². The van der Waals surface area contributed by atoms with Crippen LogP contribution >= 0.6 is 0 Å². The number of fused-ring (bicyclic) bond motifs is 1. The van der Waals surface area contributed by atoms with Crippen molar-refractivity contribution in [2.45, 2.75) is 0 Å². The minimum Gasteiger partial charge on any atom is -0.493 e. The molecule has 0 saturated carbocycles. The van der Waals surface area contributed by atoms with Gasteiger partial charge < -0.3 is 23.7 Å². The van der Waals surface area contributed by atoms with Crippen molar-refractivity contribution < 1.29 is 32.9 Å². The van der Waals surface area contributed by atoms with E-state index in [1.54, 1.807) is 12.1 Å². The Bertz CT molecular complexity index is 744. The van der Waals surface area contributed by atoms with E-state index in [-0.39, 0.29) is 24.5 Å². The number of para-hydroxylation sites is 1. The van der Waals surface area contributed by atoms with Crippen LogP contribution < -0.4 is 18.9 Å². The minimum absolute atomic E-state index is 0.0239. The van der Waals surface area contributed by atoms with Crippen LogP contribution in [0, 0.1) is 5.82 Å². The number of esters is 1. The first-order valence-electron chi connectivity index (χ1n) is 7.71. The van der Waals surface area contributed by atoms with Gasteiger partial charge in [0.25, 0.3) is 0 Å². The molecule has 0 unspecified atom stereocenters. The zero-order valence-electron chi connectivity index (χ0n) is 13.6. The number of halogens is 1. The van der Waals surface area contributed by atoms with E-state index in [1.165, 1.54) is 31.4 Å². The summed E-state index contributed by atoms with van der Waals surface area (Å²) in [5.74, 6) is 0.373. The minimum atomic E-state index is -0.563. The molecule has 6 nitrogen and oxygen atoms in total. The predicted molar refractivity (Wildman–Crippen MR) is 86.2 cm³/mol. The molecule has 7 heteroatoms. The van der Waals surface area contributed by atoms with Gasteiger partial charge in [-0.05, 0) is 24.3 Å². The number of carbonyl (C=O) groups is 1. The normalized spacial score (nSPS) is 12.4. The molecule has 0 amide bonds. The van der Waals surface area contributed by atoms with E-state index in [2.05, 4.69) is 0 Å². The predicted octanol–water partition coefficient (Wildman–Crippen LogP) is 2.84. The Labute approximate surface area is 144 Å². The van der Waals surface area contributed by atoms with Crippen LogP contribution in [0.1, 0.15) is 10.4 Å². The zero-order chi connectivity index (χ0) is 17.6. The highest BCUT2D eigenvalue weighted by Gasteiger charge is 2.21. The third-order valence-electron chi connectivity index (χ3n) is 3.47. The van der Waals surface area contributed by atoms with Crippen molar-refractivity contribution in [2.24, 2.45) is 0 Å². The molecule has 25 heavy (non-hydrogen) atoms. The van der Waals surface area contributed by atoms with Crippen LogP contribution in [0.5, 0.6) is 23.0 Å². The molecule has 1 aliphatic rings. The summed E-state index contributed by atoms with van der Waals surface area (Å²) in [6.45, 7) is 0.823. The number of rotatable bonds is 6. The van der Waals surface area contributed by atoms with E-state index >= 15 is 0 Å². The maximum Gasteiger partial charge on any atom is 0.338 e. The molecule has 0 atom stereocenters. The van der Waals surface area contributed by atoms with E-state index in [4.69, 9.17) is 23.7 Å². The van der Waals surface area contributed by atoms with Crippen LogP contribution in [0.2, 0.25) is 0 Å². The van der Waals surface area contributed by atoms with Gasteiger partial charge in [0.1, 0.15) is 26.4 Å². The van der Waals surface area contributed by atoms with Crippen molar-refractivity contribution in [3.8, 4) is 23.0 Å². The number of benzene rings is 2. The van der Waals surface area contributed by atoms with Gasteiger partial charge in [-0.2, -0.15) is 0 Å². The Morgan fingerprint density at radius 1 is 1.12 bits per heavy atom. The molecule has 0 spiro atoms. The van der Waals surface area contributed by atoms with Gasteiger partial charge in [-0.15, -0.1) is 0 Å². The highest BCUT2D eigenvalue weighted by atomic mass is 19.1. The highest BCUT2D eigenvalue weighted by molar-refractivity contribution is 5.91. The smallest absolute Gasteiger partial charge is 0.338 e. The van der Waals surface area contributed by atoms with Gasteiger partial charge in [-0.25, -0.2) is 9.18 Å². The average Bonchev–Trinajstić information content (AvgIpc) is 2.65. The largest absolute Gasteiger partial charge is 0.493 e. The van der Waals surface area contributed by atoms with Crippen LogP contribution in [0.3, 0.4) is 0 Å². The molecule has 1 aliphatic heterocycles. The summed E-state index contributed by atoms with van der Waals surface area (Å²) in [4.78, 5) is 12.2. The summed E-state index contributed by atoms with van der Waals surface area (Å²) >= 11 is 0. The Morgan fingerprint density at radius 3 is 2.72 bits per heavy atom. The lowest BCUT2D eigenvalue weighted by Gasteiger charge is -2.21. The standard InChI is InChI=1S/C18H17FO6/c1-21-15-10-12(11-16-17(15)24-8-6-23-16)18(20)25-9-7-22-14-5-3-2-4-13(14)19/h2-5,10-11H,6-9H2,1H3. The second kappa shape index (κ2) is 7.74. The van der Waals surface area contributed by atoms with Gasteiger partial charge in [0, 0.05) is 0 Å². The lowest BCUT2D eigenvalue weighted by atomic mass is 10.1. The molecule has 0 aromatic heterocycles. The zero-order valence-corrected chi connectivity index (χ0v) is 13.6. The number of hydrogen-bond acceptors (Lipinski definition) is 6. The molecule has 3 rings (SSSR count). The maximum atomic E-state index is 13.4. The average molecular weight is 348 g/mol. The molecule has 0 aliphatic carbocycles. The topological polar surface area (TPSA) is 63.2 Å². The van der Waals surface area contributed by atoms with Crippen molar-refractivity contribution in [1.29, 1.82) is 0 Å². The lowest BCUT2D eigenvalue weighted by molar-refractivity contribution is 0.0447. The number of carbonyl (C=O) groups excluding carboxylic acids is 1. The first-order chi connectivity index (χ1) is 12.2. The van der Waals surface area contributed by atoms with Crippen molar-refractivity contribution in [3.63, 3.8) is 0 Å². The van der Waals surface area contributed by atoms with Crippen molar-refractivity contribution >= 4 is 5.97 Å². The molecule has 0 bridgehead atoms. The van der Waals surface area contributed by atoms with Gasteiger partial charge in [-0.3, -0.25) is 0 Å². The van der Waals surface area contributed by atoms with E-state index in [1.807, 2.05) is 0 Å². The summed E-state index contributed by atoms with van der Waals surface area (Å²) in [5.41, 5.74) is 0.270. The molecule has 1 heterocycles. The van der Waals surface area contributed by atoms with E-state index in [9.17, 15) is 9.18 Å². The summed E-state index contributed by atoms with van der Waals surface area (Å²) < 4.78 is 40.0. The van der Waals surface area contributed by atoms with Crippen molar-refractivity contribution in [3.05, 3.63) is 47.8 Å². The monoisotopic (exact) mass is 348 g/mol. The second-order valence-electron chi connectivity index (χ2n) is 5.12. The quantitative estimate of drug-likeness (QED) is 0.591. The second-order valence-corrected chi connectivity index (χ2v) is 5.12. The van der Waals surface area contributed by atoms with E-state index in [0.717, 1.165) is 0 Å². The first-order valence-corrected chi connectivity index (χ1v) is 7.71. The van der Waals surface area contributed by atoms with Crippen LogP contribution in [0.25, 0.3) is 0 Å². The van der Waals surface area contributed by atoms with Crippen LogP contribution in [-0.2, 0) is 4.74 Å². The van der Waals surface area contributed by atoms with Crippen LogP contribution in [0.15, 0.2) is 36.4 Å². The summed E-state index contributed by atoms with van der Waals surface area (Å²) in [5, 5.41) is 0. The SMILES string of the molecule is COc1cc(C(=O)OCCOc2ccccc2F)cc2c1OCCO2. The fourth-order valence-corrected chi connectivity index (χ4v) is 2.32.